The zero-order valence-electron chi connectivity index (χ0n) is 7.88. The van der Waals surface area contributed by atoms with E-state index in [0.29, 0.717) is 17.1 Å². The highest BCUT2D eigenvalue weighted by Gasteiger charge is 2.05. The van der Waals surface area contributed by atoms with Gasteiger partial charge in [-0.05, 0) is 17.3 Å². The van der Waals surface area contributed by atoms with E-state index in [9.17, 15) is 0 Å². The fourth-order valence-electron chi connectivity index (χ4n) is 0.973. The fourth-order valence-corrected chi connectivity index (χ4v) is 0.973. The van der Waals surface area contributed by atoms with Crippen LogP contribution in [0.1, 0.15) is 6.92 Å². The molecule has 2 heterocycles. The molecular weight excluding hydrogens is 182 g/mol. The Morgan fingerprint density at radius 3 is 3.21 bits per heavy atom. The lowest BCUT2D eigenvalue weighted by atomic mass is 10.4. The van der Waals surface area contributed by atoms with Crippen LogP contribution >= 0.6 is 0 Å². The van der Waals surface area contributed by atoms with Crippen molar-refractivity contribution in [2.24, 2.45) is 4.99 Å². The number of hydrogen-bond donors (Lipinski definition) is 0. The van der Waals surface area contributed by atoms with Gasteiger partial charge in [0.25, 0.3) is 0 Å². The van der Waals surface area contributed by atoms with Crippen LogP contribution in [0.25, 0.3) is 11.2 Å². The number of aromatic nitrogens is 4. The summed E-state index contributed by atoms with van der Waals surface area (Å²) in [5.74, 6) is 0.502. The second-order valence-corrected chi connectivity index (χ2v) is 2.64. The van der Waals surface area contributed by atoms with Gasteiger partial charge in [0.15, 0.2) is 0 Å². The molecule has 2 rings (SSSR count). The van der Waals surface area contributed by atoms with Crippen LogP contribution in [0.2, 0.25) is 0 Å². The molecular formula is C8H9N5O. The summed E-state index contributed by atoms with van der Waals surface area (Å²) in [5, 5.41) is 7.66. The molecule has 0 atom stereocenters. The highest BCUT2D eigenvalue weighted by atomic mass is 16.7. The molecule has 0 N–H and O–H groups in total. The molecule has 2 aromatic heterocycles. The normalized spacial score (nSPS) is 12.0. The third-order valence-corrected chi connectivity index (χ3v) is 1.71. The van der Waals surface area contributed by atoms with Crippen molar-refractivity contribution in [1.82, 2.24) is 20.1 Å². The highest BCUT2D eigenvalue weighted by Crippen LogP contribution is 2.04. The average Bonchev–Trinajstić information content (AvgIpc) is 2.62. The first-order valence-corrected chi connectivity index (χ1v) is 4.09. The smallest absolute Gasteiger partial charge is 0.220 e. The number of nitrogens with zero attached hydrogens (tertiary/aromatic N) is 5. The summed E-state index contributed by atoms with van der Waals surface area (Å²) in [7, 11) is 1.64. The standard InChI is InChI=1S/C8H9N5O/c1-6(9-2)14-13-8-7(11-12-13)4-3-5-10-8/h3-5H,1-2H3. The minimum atomic E-state index is 0.502. The highest BCUT2D eigenvalue weighted by molar-refractivity contribution is 5.75. The van der Waals surface area contributed by atoms with Gasteiger partial charge in [-0.25, -0.2) is 4.98 Å². The Kier molecular flexibility index (Phi) is 2.10. The van der Waals surface area contributed by atoms with Crippen LogP contribution < -0.4 is 4.84 Å². The van der Waals surface area contributed by atoms with E-state index in [1.54, 1.807) is 26.2 Å². The van der Waals surface area contributed by atoms with E-state index < -0.39 is 0 Å². The Hall–Kier alpha value is -1.98. The van der Waals surface area contributed by atoms with Crippen LogP contribution in [0.15, 0.2) is 23.3 Å². The molecule has 0 aliphatic rings. The van der Waals surface area contributed by atoms with Crippen molar-refractivity contribution in [2.45, 2.75) is 6.92 Å². The molecule has 14 heavy (non-hydrogen) atoms. The lowest BCUT2D eigenvalue weighted by Crippen LogP contribution is -2.18. The molecule has 0 saturated carbocycles. The van der Waals surface area contributed by atoms with Crippen molar-refractivity contribution < 1.29 is 4.84 Å². The zero-order valence-corrected chi connectivity index (χ0v) is 7.88. The summed E-state index contributed by atoms with van der Waals surface area (Å²) in [6, 6.07) is 3.61. The average molecular weight is 191 g/mol. The van der Waals surface area contributed by atoms with Crippen LogP contribution in [-0.2, 0) is 0 Å². The van der Waals surface area contributed by atoms with E-state index in [2.05, 4.69) is 20.3 Å². The third-order valence-electron chi connectivity index (χ3n) is 1.71. The molecule has 0 saturated heterocycles. The summed E-state index contributed by atoms with van der Waals surface area (Å²) in [5.41, 5.74) is 1.27. The quantitative estimate of drug-likeness (QED) is 0.480. The minimum absolute atomic E-state index is 0.502. The monoisotopic (exact) mass is 191 g/mol. The molecule has 0 fully saturated rings. The Bertz CT molecular complexity index is 475. The second kappa shape index (κ2) is 3.41. The topological polar surface area (TPSA) is 65.2 Å². The van der Waals surface area contributed by atoms with Gasteiger partial charge in [-0.1, -0.05) is 4.85 Å². The lowest BCUT2D eigenvalue weighted by molar-refractivity contribution is 0.222. The number of fused-ring (bicyclic) bond motifs is 1. The number of aliphatic imine (C=N–C) groups is 1. The second-order valence-electron chi connectivity index (χ2n) is 2.64. The van der Waals surface area contributed by atoms with Crippen LogP contribution in [0.4, 0.5) is 0 Å². The van der Waals surface area contributed by atoms with E-state index in [4.69, 9.17) is 4.84 Å². The largest absolute Gasteiger partial charge is 0.339 e. The van der Waals surface area contributed by atoms with Gasteiger partial charge in [-0.3, -0.25) is 4.99 Å². The van der Waals surface area contributed by atoms with Gasteiger partial charge in [-0.15, -0.1) is 5.10 Å². The van der Waals surface area contributed by atoms with Crippen molar-refractivity contribution in [1.29, 1.82) is 0 Å². The van der Waals surface area contributed by atoms with Gasteiger partial charge < -0.3 is 4.84 Å². The first-order chi connectivity index (χ1) is 6.81. The molecule has 0 aliphatic heterocycles. The molecule has 0 aliphatic carbocycles. The molecule has 0 amide bonds. The van der Waals surface area contributed by atoms with Crippen molar-refractivity contribution in [2.75, 3.05) is 7.05 Å². The number of hydrogen-bond acceptors (Lipinski definition) is 5. The van der Waals surface area contributed by atoms with Crippen molar-refractivity contribution >= 4 is 17.1 Å². The van der Waals surface area contributed by atoms with Gasteiger partial charge in [0, 0.05) is 20.2 Å². The molecule has 6 heteroatoms. The summed E-state index contributed by atoms with van der Waals surface area (Å²) in [6.07, 6.45) is 1.66. The first-order valence-electron chi connectivity index (χ1n) is 4.09. The van der Waals surface area contributed by atoms with Gasteiger partial charge in [0.2, 0.25) is 11.5 Å². The summed E-state index contributed by atoms with van der Waals surface area (Å²) < 4.78 is 0. The predicted molar refractivity (Wildman–Crippen MR) is 50.9 cm³/mol. The fraction of sp³-hybridized carbons (Fsp3) is 0.250. The molecule has 72 valence electrons. The first kappa shape index (κ1) is 8.61. The van der Waals surface area contributed by atoms with E-state index in [0.717, 1.165) is 0 Å². The van der Waals surface area contributed by atoms with Crippen LogP contribution in [0, 0.1) is 0 Å². The molecule has 0 radical (unpaired) electrons. The molecule has 6 nitrogen and oxygen atoms in total. The SMILES string of the molecule is CN=C(C)On1nnc2cccnc21. The summed E-state index contributed by atoms with van der Waals surface area (Å²) >= 11 is 0. The van der Waals surface area contributed by atoms with Crippen molar-refractivity contribution in [3.63, 3.8) is 0 Å². The Morgan fingerprint density at radius 2 is 2.43 bits per heavy atom. The van der Waals surface area contributed by atoms with E-state index in [1.807, 2.05) is 6.07 Å². The molecule has 0 bridgehead atoms. The van der Waals surface area contributed by atoms with Gasteiger partial charge in [0.1, 0.15) is 5.52 Å². The Labute approximate surface area is 80.2 Å². The van der Waals surface area contributed by atoms with Crippen molar-refractivity contribution in [3.8, 4) is 0 Å². The van der Waals surface area contributed by atoms with Crippen LogP contribution in [-0.4, -0.2) is 33.1 Å². The van der Waals surface area contributed by atoms with Gasteiger partial charge in [-0.2, -0.15) is 0 Å². The van der Waals surface area contributed by atoms with E-state index in [-0.39, 0.29) is 0 Å². The van der Waals surface area contributed by atoms with Gasteiger partial charge in [0.05, 0.1) is 0 Å². The lowest BCUT2D eigenvalue weighted by Gasteiger charge is -2.00. The third kappa shape index (κ3) is 1.41. The molecule has 0 spiro atoms. The van der Waals surface area contributed by atoms with Gasteiger partial charge >= 0.3 is 0 Å². The molecule has 2 aromatic rings. The zero-order chi connectivity index (χ0) is 9.97. The van der Waals surface area contributed by atoms with Crippen LogP contribution in [0.5, 0.6) is 0 Å². The number of pyridine rings is 1. The maximum absolute atomic E-state index is 5.25. The molecule has 0 aromatic carbocycles. The Morgan fingerprint density at radius 1 is 1.57 bits per heavy atom. The maximum atomic E-state index is 5.25. The minimum Gasteiger partial charge on any atom is -0.339 e. The number of rotatable bonds is 1. The summed E-state index contributed by atoms with van der Waals surface area (Å²) in [4.78, 5) is 14.4. The van der Waals surface area contributed by atoms with E-state index >= 15 is 0 Å². The van der Waals surface area contributed by atoms with Crippen LogP contribution in [0.3, 0.4) is 0 Å². The van der Waals surface area contributed by atoms with E-state index in [1.165, 1.54) is 4.85 Å². The molecule has 0 unspecified atom stereocenters. The Balaban J connectivity index is 2.43. The predicted octanol–water partition coefficient (Wildman–Crippen LogP) is 0.303. The summed E-state index contributed by atoms with van der Waals surface area (Å²) in [6.45, 7) is 1.73. The van der Waals surface area contributed by atoms with Crippen molar-refractivity contribution in [3.05, 3.63) is 18.3 Å². The maximum Gasteiger partial charge on any atom is 0.220 e.